The molecule has 0 heterocycles. The number of urea groups is 1. The maximum atomic E-state index is 13.3. The van der Waals surface area contributed by atoms with E-state index in [0.717, 1.165) is 12.3 Å². The number of hydrogen-bond donors (Lipinski definition) is 2. The molecule has 0 aromatic heterocycles. The van der Waals surface area contributed by atoms with Crippen LogP contribution < -0.4 is 15.9 Å². The van der Waals surface area contributed by atoms with Crippen molar-refractivity contribution in [1.29, 1.82) is 0 Å². The zero-order valence-electron chi connectivity index (χ0n) is 9.04. The molecule has 7 heteroatoms. The lowest BCUT2D eigenvalue weighted by Crippen LogP contribution is -2.24. The normalized spacial score (nSPS) is 10.5. The smallest absolute Gasteiger partial charge is 0.332 e. The summed E-state index contributed by atoms with van der Waals surface area (Å²) in [6.45, 7) is 1.87. The minimum Gasteiger partial charge on any atom is -0.490 e. The molecule has 1 aromatic carbocycles. The van der Waals surface area contributed by atoms with Crippen LogP contribution in [0.15, 0.2) is 17.2 Å². The number of carbonyl (C=O) groups excluding carboxylic acids is 1. The highest BCUT2D eigenvalue weighted by Gasteiger charge is 2.11. The number of halogens is 2. The molecule has 0 saturated carbocycles. The van der Waals surface area contributed by atoms with Crippen molar-refractivity contribution in [2.45, 2.75) is 6.92 Å². The second-order valence-corrected chi connectivity index (χ2v) is 2.97. The second-order valence-electron chi connectivity index (χ2n) is 2.97. The van der Waals surface area contributed by atoms with Gasteiger partial charge in [-0.1, -0.05) is 0 Å². The fourth-order valence-electron chi connectivity index (χ4n) is 1.14. The molecule has 1 aromatic rings. The number of rotatable bonds is 4. The number of hydrazone groups is 1. The molecule has 0 aliphatic carbocycles. The minimum atomic E-state index is -0.879. The van der Waals surface area contributed by atoms with Crippen LogP contribution in [0.4, 0.5) is 13.6 Å². The van der Waals surface area contributed by atoms with E-state index in [4.69, 9.17) is 10.5 Å². The molecule has 0 bridgehead atoms. The summed E-state index contributed by atoms with van der Waals surface area (Å²) < 4.78 is 31.3. The summed E-state index contributed by atoms with van der Waals surface area (Å²) in [5.41, 5.74) is 6.75. The van der Waals surface area contributed by atoms with Gasteiger partial charge in [-0.25, -0.2) is 19.0 Å². The van der Waals surface area contributed by atoms with Gasteiger partial charge >= 0.3 is 6.03 Å². The zero-order chi connectivity index (χ0) is 12.8. The van der Waals surface area contributed by atoms with Crippen molar-refractivity contribution in [3.63, 3.8) is 0 Å². The van der Waals surface area contributed by atoms with E-state index in [1.54, 1.807) is 6.92 Å². The number of carbonyl (C=O) groups is 1. The maximum absolute atomic E-state index is 13.3. The molecule has 0 saturated heterocycles. The fourth-order valence-corrected chi connectivity index (χ4v) is 1.14. The third kappa shape index (κ3) is 3.71. The molecule has 0 atom stereocenters. The first kappa shape index (κ1) is 12.9. The Morgan fingerprint density at radius 1 is 1.59 bits per heavy atom. The number of primary amides is 1. The highest BCUT2D eigenvalue weighted by molar-refractivity contribution is 5.84. The number of ether oxygens (including phenoxy) is 1. The van der Waals surface area contributed by atoms with E-state index in [2.05, 4.69) is 5.10 Å². The van der Waals surface area contributed by atoms with Gasteiger partial charge in [0.25, 0.3) is 0 Å². The van der Waals surface area contributed by atoms with Crippen LogP contribution in [-0.2, 0) is 0 Å². The number of nitrogens with two attached hydrogens (primary N) is 1. The molecular weight excluding hydrogens is 232 g/mol. The molecule has 92 valence electrons. The van der Waals surface area contributed by atoms with Gasteiger partial charge in [-0.05, 0) is 13.0 Å². The van der Waals surface area contributed by atoms with Gasteiger partial charge < -0.3 is 10.5 Å². The SMILES string of the molecule is CCOc1c(F)cc(F)cc1C=NNC(N)=O. The molecule has 1 rings (SSSR count). The minimum absolute atomic E-state index is 0.0677. The van der Waals surface area contributed by atoms with Gasteiger partial charge in [0.05, 0.1) is 12.8 Å². The second kappa shape index (κ2) is 5.78. The summed E-state index contributed by atoms with van der Waals surface area (Å²) in [5.74, 6) is -1.75. The van der Waals surface area contributed by atoms with Gasteiger partial charge in [0.1, 0.15) is 5.82 Å². The van der Waals surface area contributed by atoms with Crippen molar-refractivity contribution in [2.24, 2.45) is 10.8 Å². The van der Waals surface area contributed by atoms with Crippen LogP contribution in [-0.4, -0.2) is 18.9 Å². The molecule has 17 heavy (non-hydrogen) atoms. The van der Waals surface area contributed by atoms with Gasteiger partial charge in [-0.3, -0.25) is 0 Å². The molecule has 2 amide bonds. The highest BCUT2D eigenvalue weighted by atomic mass is 19.1. The Hall–Kier alpha value is -2.18. The quantitative estimate of drug-likeness (QED) is 0.618. The highest BCUT2D eigenvalue weighted by Crippen LogP contribution is 2.22. The van der Waals surface area contributed by atoms with Crippen LogP contribution in [0.1, 0.15) is 12.5 Å². The lowest BCUT2D eigenvalue weighted by Gasteiger charge is -2.08. The topological polar surface area (TPSA) is 76.7 Å². The Morgan fingerprint density at radius 2 is 2.29 bits per heavy atom. The van der Waals surface area contributed by atoms with Crippen LogP contribution in [0, 0.1) is 11.6 Å². The van der Waals surface area contributed by atoms with Crippen LogP contribution in [0.25, 0.3) is 0 Å². The van der Waals surface area contributed by atoms with E-state index in [9.17, 15) is 13.6 Å². The zero-order valence-corrected chi connectivity index (χ0v) is 9.04. The Morgan fingerprint density at radius 3 is 2.88 bits per heavy atom. The Kier molecular flexibility index (Phi) is 4.38. The fraction of sp³-hybridized carbons (Fsp3) is 0.200. The third-order valence-electron chi connectivity index (χ3n) is 1.70. The van der Waals surface area contributed by atoms with Crippen LogP contribution in [0.3, 0.4) is 0 Å². The Labute approximate surface area is 96.3 Å². The summed E-state index contributed by atoms with van der Waals surface area (Å²) in [5, 5.41) is 3.40. The summed E-state index contributed by atoms with van der Waals surface area (Å²) in [6.07, 6.45) is 1.04. The average molecular weight is 243 g/mol. The summed E-state index contributed by atoms with van der Waals surface area (Å²) >= 11 is 0. The lowest BCUT2D eigenvalue weighted by molar-refractivity contribution is 0.249. The van der Waals surface area contributed by atoms with Crippen molar-refractivity contribution in [3.8, 4) is 5.75 Å². The standard InChI is InChI=1S/C10H11F2N3O2/c1-2-17-9-6(5-14-15-10(13)16)3-7(11)4-8(9)12/h3-5H,2H2,1H3,(H3,13,15,16). The number of nitrogens with one attached hydrogen (secondary N) is 1. The summed E-state index contributed by atoms with van der Waals surface area (Å²) in [4.78, 5) is 10.4. The van der Waals surface area contributed by atoms with Crippen LogP contribution >= 0.6 is 0 Å². The van der Waals surface area contributed by atoms with Crippen molar-refractivity contribution in [1.82, 2.24) is 5.43 Å². The maximum Gasteiger partial charge on any atom is 0.332 e. The van der Waals surface area contributed by atoms with E-state index >= 15 is 0 Å². The Balaban J connectivity index is 3.02. The molecule has 0 spiro atoms. The molecule has 0 radical (unpaired) electrons. The van der Waals surface area contributed by atoms with Gasteiger partial charge in [0.15, 0.2) is 11.6 Å². The van der Waals surface area contributed by atoms with Gasteiger partial charge in [0, 0.05) is 11.6 Å². The molecule has 0 fully saturated rings. The first-order chi connectivity index (χ1) is 8.04. The van der Waals surface area contributed by atoms with Gasteiger partial charge in [-0.15, -0.1) is 0 Å². The number of hydrogen-bond acceptors (Lipinski definition) is 3. The van der Waals surface area contributed by atoms with E-state index in [1.165, 1.54) is 0 Å². The molecule has 0 aliphatic rings. The van der Waals surface area contributed by atoms with E-state index in [-0.39, 0.29) is 17.9 Å². The number of amides is 2. The van der Waals surface area contributed by atoms with Crippen LogP contribution in [0.5, 0.6) is 5.75 Å². The van der Waals surface area contributed by atoms with Crippen molar-refractivity contribution >= 4 is 12.2 Å². The summed E-state index contributed by atoms with van der Waals surface area (Å²) in [7, 11) is 0. The van der Waals surface area contributed by atoms with Crippen molar-refractivity contribution in [3.05, 3.63) is 29.3 Å². The van der Waals surface area contributed by atoms with Gasteiger partial charge in [-0.2, -0.15) is 5.10 Å². The van der Waals surface area contributed by atoms with Crippen molar-refractivity contribution < 1.29 is 18.3 Å². The Bertz CT molecular complexity index is 449. The van der Waals surface area contributed by atoms with Gasteiger partial charge in [0.2, 0.25) is 0 Å². The lowest BCUT2D eigenvalue weighted by atomic mass is 10.2. The molecule has 5 nitrogen and oxygen atoms in total. The first-order valence-electron chi connectivity index (χ1n) is 4.75. The largest absolute Gasteiger partial charge is 0.490 e. The molecule has 0 unspecified atom stereocenters. The average Bonchev–Trinajstić information content (AvgIpc) is 2.22. The molecular formula is C10H11F2N3O2. The molecule has 3 N–H and O–H groups in total. The van der Waals surface area contributed by atoms with Crippen molar-refractivity contribution in [2.75, 3.05) is 6.61 Å². The summed E-state index contributed by atoms with van der Waals surface area (Å²) in [6, 6.07) is 0.848. The van der Waals surface area contributed by atoms with E-state index in [0.29, 0.717) is 6.07 Å². The molecule has 0 aliphatic heterocycles. The van der Waals surface area contributed by atoms with E-state index < -0.39 is 17.7 Å². The predicted molar refractivity (Wildman–Crippen MR) is 57.8 cm³/mol. The first-order valence-corrected chi connectivity index (χ1v) is 4.75. The predicted octanol–water partition coefficient (Wildman–Crippen LogP) is 1.37. The van der Waals surface area contributed by atoms with E-state index in [1.807, 2.05) is 5.43 Å². The monoisotopic (exact) mass is 243 g/mol. The number of nitrogens with zero attached hydrogens (tertiary/aromatic N) is 1. The number of benzene rings is 1. The third-order valence-corrected chi connectivity index (χ3v) is 1.70. The van der Waals surface area contributed by atoms with Crippen LogP contribution in [0.2, 0.25) is 0 Å².